The van der Waals surface area contributed by atoms with Crippen molar-refractivity contribution in [2.24, 2.45) is 0 Å². The summed E-state index contributed by atoms with van der Waals surface area (Å²) in [5.41, 5.74) is 2.72. The van der Waals surface area contributed by atoms with Crippen molar-refractivity contribution in [3.05, 3.63) is 58.6 Å². The first-order valence-corrected chi connectivity index (χ1v) is 10.8. The zero-order valence-electron chi connectivity index (χ0n) is 15.6. The Morgan fingerprint density at radius 1 is 1.10 bits per heavy atom. The number of aromatic nitrogens is 5. The van der Waals surface area contributed by atoms with E-state index < -0.39 is 0 Å². The Bertz CT molecular complexity index is 1110. The predicted octanol–water partition coefficient (Wildman–Crippen LogP) is 4.75. The van der Waals surface area contributed by atoms with Crippen LogP contribution in [0.15, 0.2) is 53.0 Å². The predicted molar refractivity (Wildman–Crippen MR) is 114 cm³/mol. The van der Waals surface area contributed by atoms with Gasteiger partial charge >= 0.3 is 0 Å². The summed E-state index contributed by atoms with van der Waals surface area (Å²) in [5, 5.41) is 16.2. The highest BCUT2D eigenvalue weighted by molar-refractivity contribution is 7.98. The molecule has 29 heavy (non-hydrogen) atoms. The molecule has 0 aliphatic heterocycles. The zero-order chi connectivity index (χ0) is 20.2. The lowest BCUT2D eigenvalue weighted by molar-refractivity contribution is 0.395. The number of nitrogens with zero attached hydrogens (tertiary/aromatic N) is 5. The largest absolute Gasteiger partial charge is 0.497 e. The topological polar surface area (TPSA) is 75.0 Å². The molecule has 7 nitrogen and oxygen atoms in total. The average Bonchev–Trinajstić information content (AvgIpc) is 3.42. The van der Waals surface area contributed by atoms with Crippen LogP contribution < -0.4 is 9.47 Å². The van der Waals surface area contributed by atoms with Crippen LogP contribution in [0.3, 0.4) is 0 Å². The van der Waals surface area contributed by atoms with Crippen molar-refractivity contribution in [1.29, 1.82) is 0 Å². The van der Waals surface area contributed by atoms with Crippen LogP contribution in [0.2, 0.25) is 5.02 Å². The molecule has 0 fully saturated rings. The number of thioether (sulfide) groups is 1. The van der Waals surface area contributed by atoms with Crippen LogP contribution in [-0.2, 0) is 5.75 Å². The minimum atomic E-state index is 0.642. The van der Waals surface area contributed by atoms with Gasteiger partial charge in [0, 0.05) is 22.2 Å². The molecule has 0 aliphatic carbocycles. The maximum Gasteiger partial charge on any atom is 0.214 e. The first-order chi connectivity index (χ1) is 14.2. The molecule has 0 aliphatic rings. The molecule has 2 aromatic heterocycles. The zero-order valence-corrected chi connectivity index (χ0v) is 18.0. The SMILES string of the molecule is COc1ccc(-c2nc(CSc3nnnn3-c3ccc(Cl)cc3)cs2)c(OC)c1. The highest BCUT2D eigenvalue weighted by Crippen LogP contribution is 2.35. The van der Waals surface area contributed by atoms with Gasteiger partial charge in [-0.1, -0.05) is 23.4 Å². The third kappa shape index (κ3) is 4.36. The number of ether oxygens (including phenoxy) is 2. The first kappa shape index (κ1) is 19.7. The number of rotatable bonds is 7. The van der Waals surface area contributed by atoms with E-state index >= 15 is 0 Å². The molecular formula is C19H16ClN5O2S2. The number of methoxy groups -OCH3 is 2. The fraction of sp³-hybridized carbons (Fsp3) is 0.158. The molecule has 0 spiro atoms. The summed E-state index contributed by atoms with van der Waals surface area (Å²) in [6, 6.07) is 13.1. The van der Waals surface area contributed by atoms with E-state index in [0.29, 0.717) is 15.9 Å². The summed E-state index contributed by atoms with van der Waals surface area (Å²) in [7, 11) is 3.27. The van der Waals surface area contributed by atoms with Gasteiger partial charge < -0.3 is 9.47 Å². The van der Waals surface area contributed by atoms with Gasteiger partial charge in [0.1, 0.15) is 16.5 Å². The van der Waals surface area contributed by atoms with Gasteiger partial charge in [0.25, 0.3) is 0 Å². The van der Waals surface area contributed by atoms with Crippen LogP contribution in [-0.4, -0.2) is 39.4 Å². The van der Waals surface area contributed by atoms with Gasteiger partial charge in [0.05, 0.1) is 31.2 Å². The van der Waals surface area contributed by atoms with Gasteiger partial charge in [-0.15, -0.1) is 16.4 Å². The molecule has 0 unspecified atom stereocenters. The summed E-state index contributed by atoms with van der Waals surface area (Å²) in [6.45, 7) is 0. The Balaban J connectivity index is 1.50. The number of tetrazole rings is 1. The standard InChI is InChI=1S/C19H16ClN5O2S2/c1-26-15-7-8-16(17(9-15)27-2)18-21-13(10-28-18)11-29-19-22-23-24-25(19)14-5-3-12(20)4-6-14/h3-10H,11H2,1-2H3. The lowest BCUT2D eigenvalue weighted by atomic mass is 10.2. The second-order valence-electron chi connectivity index (χ2n) is 5.85. The van der Waals surface area contributed by atoms with E-state index in [4.69, 9.17) is 26.1 Å². The maximum atomic E-state index is 5.96. The number of benzene rings is 2. The molecule has 0 radical (unpaired) electrons. The van der Waals surface area contributed by atoms with Crippen LogP contribution in [0, 0.1) is 0 Å². The van der Waals surface area contributed by atoms with Gasteiger partial charge in [0.15, 0.2) is 0 Å². The molecule has 0 N–H and O–H groups in total. The molecule has 10 heteroatoms. The van der Waals surface area contributed by atoms with Crippen molar-refractivity contribution in [3.63, 3.8) is 0 Å². The summed E-state index contributed by atoms with van der Waals surface area (Å²) in [6.07, 6.45) is 0. The number of hydrogen-bond acceptors (Lipinski definition) is 8. The second-order valence-corrected chi connectivity index (χ2v) is 8.09. The molecule has 4 rings (SSSR count). The Labute approximate surface area is 180 Å². The molecular weight excluding hydrogens is 430 g/mol. The Morgan fingerprint density at radius 3 is 2.69 bits per heavy atom. The molecule has 2 aromatic carbocycles. The van der Waals surface area contributed by atoms with E-state index in [1.807, 2.05) is 47.8 Å². The quantitative estimate of drug-likeness (QED) is 0.380. The van der Waals surface area contributed by atoms with Crippen LogP contribution in [0.4, 0.5) is 0 Å². The molecule has 0 saturated heterocycles. The summed E-state index contributed by atoms with van der Waals surface area (Å²) >= 11 is 9.04. The highest BCUT2D eigenvalue weighted by Gasteiger charge is 2.14. The number of hydrogen-bond donors (Lipinski definition) is 0. The minimum absolute atomic E-state index is 0.642. The third-order valence-electron chi connectivity index (χ3n) is 4.05. The number of halogens is 1. The smallest absolute Gasteiger partial charge is 0.214 e. The van der Waals surface area contributed by atoms with Crippen LogP contribution >= 0.6 is 34.7 Å². The van der Waals surface area contributed by atoms with Crippen molar-refractivity contribution >= 4 is 34.7 Å². The third-order valence-corrected chi connectivity index (χ3v) is 6.18. The molecule has 0 bridgehead atoms. The van der Waals surface area contributed by atoms with E-state index in [-0.39, 0.29) is 0 Å². The average molecular weight is 446 g/mol. The van der Waals surface area contributed by atoms with Crippen LogP contribution in [0.1, 0.15) is 5.69 Å². The van der Waals surface area contributed by atoms with E-state index in [0.717, 1.165) is 33.5 Å². The van der Waals surface area contributed by atoms with E-state index in [9.17, 15) is 0 Å². The van der Waals surface area contributed by atoms with Crippen molar-refractivity contribution in [3.8, 4) is 27.8 Å². The lowest BCUT2D eigenvalue weighted by Gasteiger charge is -2.08. The van der Waals surface area contributed by atoms with Crippen molar-refractivity contribution < 1.29 is 9.47 Å². The molecule has 0 saturated carbocycles. The maximum absolute atomic E-state index is 5.96. The van der Waals surface area contributed by atoms with E-state index in [1.165, 1.54) is 11.8 Å². The summed E-state index contributed by atoms with van der Waals surface area (Å²) in [4.78, 5) is 4.74. The van der Waals surface area contributed by atoms with Crippen LogP contribution in [0.25, 0.3) is 16.3 Å². The van der Waals surface area contributed by atoms with E-state index in [1.54, 1.807) is 30.2 Å². The van der Waals surface area contributed by atoms with Crippen LogP contribution in [0.5, 0.6) is 11.5 Å². The molecule has 2 heterocycles. The van der Waals surface area contributed by atoms with Crippen molar-refractivity contribution in [2.45, 2.75) is 10.9 Å². The second kappa shape index (κ2) is 8.81. The minimum Gasteiger partial charge on any atom is -0.497 e. The summed E-state index contributed by atoms with van der Waals surface area (Å²) < 4.78 is 12.4. The van der Waals surface area contributed by atoms with Gasteiger partial charge in [-0.25, -0.2) is 4.98 Å². The highest BCUT2D eigenvalue weighted by atomic mass is 35.5. The van der Waals surface area contributed by atoms with Crippen molar-refractivity contribution in [1.82, 2.24) is 25.2 Å². The summed E-state index contributed by atoms with van der Waals surface area (Å²) in [5.74, 6) is 2.11. The molecule has 148 valence electrons. The fourth-order valence-electron chi connectivity index (χ4n) is 2.62. The van der Waals surface area contributed by atoms with Gasteiger partial charge in [-0.2, -0.15) is 4.68 Å². The molecule has 0 amide bonds. The Hall–Kier alpha value is -2.62. The van der Waals surface area contributed by atoms with Gasteiger partial charge in [-0.05, 0) is 46.8 Å². The number of thiazole rings is 1. The monoisotopic (exact) mass is 445 g/mol. The first-order valence-electron chi connectivity index (χ1n) is 8.52. The van der Waals surface area contributed by atoms with Gasteiger partial charge in [0.2, 0.25) is 5.16 Å². The normalized spacial score (nSPS) is 10.9. The Morgan fingerprint density at radius 2 is 1.93 bits per heavy atom. The Kier molecular flexibility index (Phi) is 5.98. The van der Waals surface area contributed by atoms with E-state index in [2.05, 4.69) is 15.5 Å². The molecule has 0 atom stereocenters. The molecule has 4 aromatic rings. The fourth-order valence-corrected chi connectivity index (χ4v) is 4.49. The van der Waals surface area contributed by atoms with Crippen molar-refractivity contribution in [2.75, 3.05) is 14.2 Å². The lowest BCUT2D eigenvalue weighted by Crippen LogP contribution is -1.98. The van der Waals surface area contributed by atoms with Gasteiger partial charge in [-0.3, -0.25) is 0 Å².